The minimum absolute atomic E-state index is 0.0505. The summed E-state index contributed by atoms with van der Waals surface area (Å²) in [5, 5.41) is 12.2. The summed E-state index contributed by atoms with van der Waals surface area (Å²) >= 11 is 0. The van der Waals surface area contributed by atoms with Crippen LogP contribution in [0.3, 0.4) is 0 Å². The molecule has 2 atom stereocenters. The first-order valence-corrected chi connectivity index (χ1v) is 10.2. The third-order valence-corrected chi connectivity index (χ3v) is 5.03. The highest BCUT2D eigenvalue weighted by Crippen LogP contribution is 2.24. The van der Waals surface area contributed by atoms with Crippen molar-refractivity contribution in [3.05, 3.63) is 45.4 Å². The van der Waals surface area contributed by atoms with Crippen LogP contribution in [-0.4, -0.2) is 60.9 Å². The van der Waals surface area contributed by atoms with Crippen LogP contribution >= 0.6 is 0 Å². The van der Waals surface area contributed by atoms with Crippen LogP contribution in [0, 0.1) is 18.3 Å². The van der Waals surface area contributed by atoms with Gasteiger partial charge >= 0.3 is 0 Å². The monoisotopic (exact) mass is 425 g/mol. The number of nitrogens with zero attached hydrogens (tertiary/aromatic N) is 4. The van der Waals surface area contributed by atoms with Gasteiger partial charge in [-0.25, -0.2) is 4.98 Å². The minimum atomic E-state index is -0.567. The van der Waals surface area contributed by atoms with Gasteiger partial charge in [-0.05, 0) is 38.5 Å². The number of rotatable bonds is 6. The van der Waals surface area contributed by atoms with E-state index in [1.807, 2.05) is 37.8 Å². The van der Waals surface area contributed by atoms with E-state index in [-0.39, 0.29) is 35.4 Å². The summed E-state index contributed by atoms with van der Waals surface area (Å²) in [5.74, 6) is -0.123. The Morgan fingerprint density at radius 3 is 2.77 bits per heavy atom. The van der Waals surface area contributed by atoms with Crippen molar-refractivity contribution in [2.75, 3.05) is 38.3 Å². The van der Waals surface area contributed by atoms with Gasteiger partial charge in [-0.3, -0.25) is 14.0 Å². The van der Waals surface area contributed by atoms with Crippen molar-refractivity contribution in [2.24, 2.45) is 0 Å². The molecule has 164 valence electrons. The molecule has 1 saturated heterocycles. The molecule has 1 aliphatic rings. The number of hydrogen-bond acceptors (Lipinski definition) is 7. The molecule has 3 rings (SSSR count). The highest BCUT2D eigenvalue weighted by molar-refractivity contribution is 6.02. The minimum Gasteiger partial charge on any atom is -0.383 e. The van der Waals surface area contributed by atoms with Crippen LogP contribution in [0.15, 0.2) is 28.7 Å². The van der Waals surface area contributed by atoms with E-state index in [1.54, 1.807) is 12.3 Å². The van der Waals surface area contributed by atoms with Gasteiger partial charge in [0.15, 0.2) is 0 Å². The number of aromatic nitrogens is 2. The fourth-order valence-corrected chi connectivity index (χ4v) is 3.67. The second kappa shape index (κ2) is 9.73. The van der Waals surface area contributed by atoms with Gasteiger partial charge in [0, 0.05) is 32.9 Å². The quantitative estimate of drug-likeness (QED) is 0.422. The number of anilines is 1. The van der Waals surface area contributed by atoms with Gasteiger partial charge < -0.3 is 19.7 Å². The van der Waals surface area contributed by atoms with E-state index in [2.05, 4.69) is 5.32 Å². The molecule has 0 radical (unpaired) electrons. The lowest BCUT2D eigenvalue weighted by atomic mass is 10.1. The van der Waals surface area contributed by atoms with Gasteiger partial charge in [-0.2, -0.15) is 5.26 Å². The van der Waals surface area contributed by atoms with Crippen molar-refractivity contribution in [1.29, 1.82) is 5.26 Å². The van der Waals surface area contributed by atoms with Crippen LogP contribution in [0.2, 0.25) is 0 Å². The van der Waals surface area contributed by atoms with Crippen molar-refractivity contribution in [3.63, 3.8) is 0 Å². The number of aryl methyl sites for hydroxylation is 1. The molecule has 3 heterocycles. The summed E-state index contributed by atoms with van der Waals surface area (Å²) in [6, 6.07) is 5.55. The lowest BCUT2D eigenvalue weighted by Gasteiger charge is -2.36. The van der Waals surface area contributed by atoms with Gasteiger partial charge in [0.1, 0.15) is 23.1 Å². The Labute approximate surface area is 180 Å². The molecule has 31 heavy (non-hydrogen) atoms. The zero-order chi connectivity index (χ0) is 22.5. The average Bonchev–Trinajstić information content (AvgIpc) is 2.73. The number of nitriles is 1. The number of morpholine rings is 1. The van der Waals surface area contributed by atoms with Crippen molar-refractivity contribution in [1.82, 2.24) is 14.7 Å². The Morgan fingerprint density at radius 1 is 1.42 bits per heavy atom. The summed E-state index contributed by atoms with van der Waals surface area (Å²) in [4.78, 5) is 32.6. The number of amides is 1. The first-order valence-electron chi connectivity index (χ1n) is 10.2. The first-order chi connectivity index (χ1) is 14.8. The summed E-state index contributed by atoms with van der Waals surface area (Å²) in [6.07, 6.45) is 2.86. The van der Waals surface area contributed by atoms with E-state index < -0.39 is 5.91 Å². The molecular formula is C22H27N5O4. The number of hydrogen-bond donors (Lipinski definition) is 1. The predicted molar refractivity (Wildman–Crippen MR) is 117 cm³/mol. The second-order valence-corrected chi connectivity index (χ2v) is 7.62. The fraction of sp³-hybridized carbons (Fsp3) is 0.455. The molecule has 1 N–H and O–H groups in total. The summed E-state index contributed by atoms with van der Waals surface area (Å²) in [6.45, 7) is 7.47. The number of methoxy groups -OCH3 is 1. The number of nitrogens with one attached hydrogen (secondary N) is 1. The lowest BCUT2D eigenvalue weighted by molar-refractivity contribution is -0.117. The zero-order valence-corrected chi connectivity index (χ0v) is 18.2. The molecule has 0 spiro atoms. The Hall–Kier alpha value is -3.22. The third-order valence-electron chi connectivity index (χ3n) is 5.03. The Morgan fingerprint density at radius 2 is 2.13 bits per heavy atom. The highest BCUT2D eigenvalue weighted by Gasteiger charge is 2.27. The largest absolute Gasteiger partial charge is 0.383 e. The number of fused-ring (bicyclic) bond motifs is 1. The van der Waals surface area contributed by atoms with E-state index in [1.165, 1.54) is 17.6 Å². The molecule has 0 saturated carbocycles. The molecule has 9 nitrogen and oxygen atoms in total. The van der Waals surface area contributed by atoms with Gasteiger partial charge in [0.25, 0.3) is 11.5 Å². The third kappa shape index (κ3) is 4.93. The van der Waals surface area contributed by atoms with Crippen molar-refractivity contribution < 1.29 is 14.3 Å². The number of ether oxygens (including phenoxy) is 2. The van der Waals surface area contributed by atoms with Crippen LogP contribution < -0.4 is 15.8 Å². The van der Waals surface area contributed by atoms with Crippen LogP contribution in [0.1, 0.15) is 25.0 Å². The lowest BCUT2D eigenvalue weighted by Crippen LogP contribution is -2.46. The van der Waals surface area contributed by atoms with E-state index in [4.69, 9.17) is 14.5 Å². The van der Waals surface area contributed by atoms with Gasteiger partial charge in [0.2, 0.25) is 0 Å². The molecule has 0 aliphatic carbocycles. The number of carbonyl (C=O) groups is 1. The van der Waals surface area contributed by atoms with Crippen LogP contribution in [-0.2, 0) is 14.3 Å². The molecule has 9 heteroatoms. The van der Waals surface area contributed by atoms with Crippen LogP contribution in [0.4, 0.5) is 5.82 Å². The molecule has 1 amide bonds. The van der Waals surface area contributed by atoms with Crippen LogP contribution in [0.5, 0.6) is 0 Å². The maximum Gasteiger partial charge on any atom is 0.267 e. The molecular weight excluding hydrogens is 398 g/mol. The Kier molecular flexibility index (Phi) is 7.05. The zero-order valence-electron chi connectivity index (χ0n) is 18.2. The van der Waals surface area contributed by atoms with E-state index in [0.717, 1.165) is 5.56 Å². The van der Waals surface area contributed by atoms with Crippen molar-refractivity contribution in [3.8, 4) is 6.07 Å². The maximum atomic E-state index is 13.4. The van der Waals surface area contributed by atoms with Gasteiger partial charge in [-0.1, -0.05) is 6.07 Å². The Balaban J connectivity index is 2.16. The highest BCUT2D eigenvalue weighted by atomic mass is 16.5. The van der Waals surface area contributed by atoms with Crippen LogP contribution in [0.25, 0.3) is 11.7 Å². The smallest absolute Gasteiger partial charge is 0.267 e. The molecule has 1 aliphatic heterocycles. The predicted octanol–water partition coefficient (Wildman–Crippen LogP) is 1.29. The van der Waals surface area contributed by atoms with E-state index >= 15 is 0 Å². The SMILES string of the molecule is COCCNC(=O)/C(C#N)=C/c1c(N2CC(C)OC(C)C2)nc2c(C)cccn2c1=O. The average molecular weight is 425 g/mol. The van der Waals surface area contributed by atoms with Crippen molar-refractivity contribution >= 4 is 23.4 Å². The van der Waals surface area contributed by atoms with Gasteiger partial charge in [-0.15, -0.1) is 0 Å². The molecule has 0 bridgehead atoms. The molecule has 2 unspecified atom stereocenters. The second-order valence-electron chi connectivity index (χ2n) is 7.62. The summed E-state index contributed by atoms with van der Waals surface area (Å²) < 4.78 is 12.2. The van der Waals surface area contributed by atoms with E-state index in [9.17, 15) is 14.9 Å². The summed E-state index contributed by atoms with van der Waals surface area (Å²) in [5.41, 5.74) is 1.08. The summed E-state index contributed by atoms with van der Waals surface area (Å²) in [7, 11) is 1.52. The molecule has 0 aromatic carbocycles. The molecule has 2 aromatic rings. The van der Waals surface area contributed by atoms with Gasteiger partial charge in [0.05, 0.1) is 24.4 Å². The fourth-order valence-electron chi connectivity index (χ4n) is 3.67. The normalized spacial score (nSPS) is 19.3. The molecule has 2 aromatic heterocycles. The number of pyridine rings is 1. The van der Waals surface area contributed by atoms with E-state index in [0.29, 0.717) is 31.2 Å². The molecule has 1 fully saturated rings. The number of carbonyl (C=O) groups excluding carboxylic acids is 1. The topological polar surface area (TPSA) is 109 Å². The van der Waals surface area contributed by atoms with Crippen molar-refractivity contribution in [2.45, 2.75) is 33.0 Å². The maximum absolute atomic E-state index is 13.4. The standard InChI is InChI=1S/C22H27N5O4/c1-14-6-5-8-27-19(14)25-20(26-12-15(2)31-16(3)13-26)18(22(27)29)10-17(11-23)21(28)24-7-9-30-4/h5-6,8,10,15-16H,7,9,12-13H2,1-4H3,(H,24,28)/b17-10+. The first kappa shape index (κ1) is 22.5. The Bertz CT molecular complexity index is 1090.